The summed E-state index contributed by atoms with van der Waals surface area (Å²) in [5.74, 6) is 0.542. The molecular weight excluding hydrogens is 290 g/mol. The number of likely N-dealkylation sites (tertiary alicyclic amines) is 2. The minimum absolute atomic E-state index is 0.542. The van der Waals surface area contributed by atoms with E-state index in [0.29, 0.717) is 5.88 Å². The van der Waals surface area contributed by atoms with Gasteiger partial charge in [-0.15, -0.1) is 22.9 Å². The largest absolute Gasteiger partial charge is 0.302 e. The number of thiazole rings is 1. The summed E-state index contributed by atoms with van der Waals surface area (Å²) in [6, 6.07) is 0.834. The van der Waals surface area contributed by atoms with Crippen molar-refractivity contribution in [2.45, 2.75) is 44.0 Å². The summed E-state index contributed by atoms with van der Waals surface area (Å²) in [5, 5.41) is 3.33. The third-order valence-corrected chi connectivity index (χ3v) is 5.74. The van der Waals surface area contributed by atoms with Gasteiger partial charge in [-0.25, -0.2) is 4.98 Å². The molecule has 0 radical (unpaired) electrons. The highest BCUT2D eigenvalue weighted by atomic mass is 35.5. The van der Waals surface area contributed by atoms with Crippen LogP contribution in [0.2, 0.25) is 0 Å². The molecule has 0 amide bonds. The van der Waals surface area contributed by atoms with Gasteiger partial charge in [-0.1, -0.05) is 0 Å². The first-order valence-electron chi connectivity index (χ1n) is 7.81. The van der Waals surface area contributed by atoms with Gasteiger partial charge in [-0.2, -0.15) is 0 Å². The summed E-state index contributed by atoms with van der Waals surface area (Å²) in [4.78, 5) is 9.87. The van der Waals surface area contributed by atoms with Gasteiger partial charge >= 0.3 is 0 Å². The van der Waals surface area contributed by atoms with E-state index < -0.39 is 0 Å². The summed E-state index contributed by atoms with van der Waals surface area (Å²) in [6.45, 7) is 6.45. The Kier molecular flexibility index (Phi) is 5.32. The minimum Gasteiger partial charge on any atom is -0.302 e. The zero-order valence-corrected chi connectivity index (χ0v) is 13.6. The number of hydrogen-bond donors (Lipinski definition) is 0. The lowest BCUT2D eigenvalue weighted by atomic mass is 10.2. The molecule has 1 aromatic heterocycles. The van der Waals surface area contributed by atoms with Gasteiger partial charge in [0.1, 0.15) is 0 Å². The highest BCUT2D eigenvalue weighted by molar-refractivity contribution is 7.09. The first-order chi connectivity index (χ1) is 9.85. The molecule has 0 spiro atoms. The number of aryl methyl sites for hydroxylation is 1. The maximum absolute atomic E-state index is 5.79. The maximum atomic E-state index is 5.79. The Morgan fingerprint density at radius 2 is 2.15 bits per heavy atom. The molecule has 20 heavy (non-hydrogen) atoms. The molecule has 2 aliphatic heterocycles. The van der Waals surface area contributed by atoms with Crippen molar-refractivity contribution in [3.05, 3.63) is 16.1 Å². The molecule has 2 aliphatic rings. The highest BCUT2D eigenvalue weighted by Gasteiger charge is 2.28. The Morgan fingerprint density at radius 1 is 1.30 bits per heavy atom. The standard InChI is InChI=1S/C15H24ClN3S/c16-10-13-12-20-15(17-13)4-3-6-18-9-5-14(11-18)19-7-1-2-8-19/h12,14H,1-11H2. The third kappa shape index (κ3) is 3.73. The van der Waals surface area contributed by atoms with Crippen LogP contribution in [0.3, 0.4) is 0 Å². The van der Waals surface area contributed by atoms with Crippen molar-refractivity contribution in [1.29, 1.82) is 0 Å². The number of alkyl halides is 1. The Morgan fingerprint density at radius 3 is 2.90 bits per heavy atom. The molecule has 0 N–H and O–H groups in total. The van der Waals surface area contributed by atoms with Crippen molar-refractivity contribution in [3.8, 4) is 0 Å². The molecule has 3 rings (SSSR count). The molecule has 0 bridgehead atoms. The summed E-state index contributed by atoms with van der Waals surface area (Å²) < 4.78 is 0. The molecule has 2 fully saturated rings. The van der Waals surface area contributed by atoms with Crippen LogP contribution in [0, 0.1) is 0 Å². The van der Waals surface area contributed by atoms with Crippen LogP contribution < -0.4 is 0 Å². The Bertz CT molecular complexity index is 417. The average Bonchev–Trinajstić information content (AvgIpc) is 3.20. The predicted molar refractivity (Wildman–Crippen MR) is 85.6 cm³/mol. The van der Waals surface area contributed by atoms with Gasteiger partial charge in [0.15, 0.2) is 0 Å². The van der Waals surface area contributed by atoms with Crippen LogP contribution in [0.5, 0.6) is 0 Å². The summed E-state index contributed by atoms with van der Waals surface area (Å²) >= 11 is 7.54. The molecule has 0 saturated carbocycles. The van der Waals surface area contributed by atoms with Crippen molar-refractivity contribution in [2.75, 3.05) is 32.7 Å². The van der Waals surface area contributed by atoms with E-state index in [9.17, 15) is 0 Å². The van der Waals surface area contributed by atoms with Crippen LogP contribution in [-0.2, 0) is 12.3 Å². The number of aromatic nitrogens is 1. The van der Waals surface area contributed by atoms with Crippen molar-refractivity contribution < 1.29 is 0 Å². The lowest BCUT2D eigenvalue weighted by Crippen LogP contribution is -2.35. The third-order valence-electron chi connectivity index (χ3n) is 4.51. The van der Waals surface area contributed by atoms with E-state index in [-0.39, 0.29) is 0 Å². The fraction of sp³-hybridized carbons (Fsp3) is 0.800. The van der Waals surface area contributed by atoms with Gasteiger partial charge in [-0.05, 0) is 51.9 Å². The molecule has 112 valence electrons. The van der Waals surface area contributed by atoms with Gasteiger partial charge in [0.2, 0.25) is 0 Å². The summed E-state index contributed by atoms with van der Waals surface area (Å²) in [6.07, 6.45) is 6.51. The Labute approximate surface area is 130 Å². The van der Waals surface area contributed by atoms with E-state index in [1.807, 2.05) is 0 Å². The zero-order chi connectivity index (χ0) is 13.8. The molecule has 0 aliphatic carbocycles. The molecule has 2 saturated heterocycles. The molecule has 0 aromatic carbocycles. The molecule has 1 unspecified atom stereocenters. The fourth-order valence-electron chi connectivity index (χ4n) is 3.40. The number of halogens is 1. The number of hydrogen-bond acceptors (Lipinski definition) is 4. The second-order valence-electron chi connectivity index (χ2n) is 5.96. The van der Waals surface area contributed by atoms with Crippen molar-refractivity contribution in [3.63, 3.8) is 0 Å². The van der Waals surface area contributed by atoms with E-state index in [2.05, 4.69) is 20.2 Å². The lowest BCUT2D eigenvalue weighted by Gasteiger charge is -2.23. The lowest BCUT2D eigenvalue weighted by molar-refractivity contribution is 0.231. The van der Waals surface area contributed by atoms with Gasteiger partial charge < -0.3 is 4.90 Å². The van der Waals surface area contributed by atoms with Gasteiger partial charge in [0.05, 0.1) is 16.6 Å². The van der Waals surface area contributed by atoms with E-state index in [1.165, 1.54) is 63.4 Å². The van der Waals surface area contributed by atoms with Crippen LogP contribution in [0.4, 0.5) is 0 Å². The Hall–Kier alpha value is -0.160. The quantitative estimate of drug-likeness (QED) is 0.753. The SMILES string of the molecule is ClCc1csc(CCCN2CCC(N3CCCC3)C2)n1. The molecular formula is C15H24ClN3S. The zero-order valence-electron chi connectivity index (χ0n) is 12.1. The van der Waals surface area contributed by atoms with Crippen molar-refractivity contribution >= 4 is 22.9 Å². The monoisotopic (exact) mass is 313 g/mol. The second-order valence-corrected chi connectivity index (χ2v) is 7.17. The molecule has 3 heterocycles. The van der Waals surface area contributed by atoms with E-state index in [4.69, 9.17) is 11.6 Å². The fourth-order valence-corrected chi connectivity index (χ4v) is 4.47. The minimum atomic E-state index is 0.542. The summed E-state index contributed by atoms with van der Waals surface area (Å²) in [7, 11) is 0. The van der Waals surface area contributed by atoms with Crippen LogP contribution >= 0.6 is 22.9 Å². The molecule has 5 heteroatoms. The predicted octanol–water partition coefficient (Wildman–Crippen LogP) is 2.98. The number of rotatable bonds is 6. The number of nitrogens with zero attached hydrogens (tertiary/aromatic N) is 3. The van der Waals surface area contributed by atoms with Gasteiger partial charge in [0, 0.05) is 24.4 Å². The molecule has 1 aromatic rings. The first-order valence-corrected chi connectivity index (χ1v) is 9.22. The van der Waals surface area contributed by atoms with Crippen molar-refractivity contribution in [1.82, 2.24) is 14.8 Å². The van der Waals surface area contributed by atoms with Crippen molar-refractivity contribution in [2.24, 2.45) is 0 Å². The Balaban J connectivity index is 1.37. The topological polar surface area (TPSA) is 19.4 Å². The maximum Gasteiger partial charge on any atom is 0.0929 e. The van der Waals surface area contributed by atoms with Crippen LogP contribution in [0.25, 0.3) is 0 Å². The van der Waals surface area contributed by atoms with Crippen LogP contribution in [0.15, 0.2) is 5.38 Å². The second kappa shape index (κ2) is 7.21. The van der Waals surface area contributed by atoms with Crippen LogP contribution in [0.1, 0.15) is 36.4 Å². The van der Waals surface area contributed by atoms with Gasteiger partial charge in [0.25, 0.3) is 0 Å². The average molecular weight is 314 g/mol. The summed E-state index contributed by atoms with van der Waals surface area (Å²) in [5.41, 5.74) is 1.03. The molecule has 3 nitrogen and oxygen atoms in total. The smallest absolute Gasteiger partial charge is 0.0929 e. The normalized spacial score (nSPS) is 24.8. The highest BCUT2D eigenvalue weighted by Crippen LogP contribution is 2.21. The molecule has 1 atom stereocenters. The first kappa shape index (κ1) is 14.8. The van der Waals surface area contributed by atoms with Gasteiger partial charge in [-0.3, -0.25) is 4.90 Å². The van der Waals surface area contributed by atoms with E-state index in [1.54, 1.807) is 11.3 Å². The van der Waals surface area contributed by atoms with Crippen LogP contribution in [-0.4, -0.2) is 53.5 Å². The van der Waals surface area contributed by atoms with E-state index in [0.717, 1.165) is 18.2 Å². The van der Waals surface area contributed by atoms with E-state index >= 15 is 0 Å².